The van der Waals surface area contributed by atoms with Crippen molar-refractivity contribution in [1.82, 2.24) is 20.0 Å². The SMILES string of the molecule is CCCCC(Sc1ccccc1)(c1ccccn1)n1nnc2ccccc21. The first-order chi connectivity index (χ1) is 13.3. The minimum Gasteiger partial charge on any atom is -0.258 e. The third-order valence-corrected chi connectivity index (χ3v) is 6.09. The number of hydrogen-bond donors (Lipinski definition) is 0. The predicted molar refractivity (Wildman–Crippen MR) is 111 cm³/mol. The van der Waals surface area contributed by atoms with Crippen molar-refractivity contribution in [2.45, 2.75) is 36.0 Å². The zero-order valence-corrected chi connectivity index (χ0v) is 16.1. The summed E-state index contributed by atoms with van der Waals surface area (Å²) in [5, 5.41) is 9.03. The molecule has 27 heavy (non-hydrogen) atoms. The number of unbranched alkanes of at least 4 members (excludes halogenated alkanes) is 1. The van der Waals surface area contributed by atoms with Gasteiger partial charge in [0.15, 0.2) is 4.87 Å². The van der Waals surface area contributed by atoms with E-state index in [2.05, 4.69) is 58.3 Å². The van der Waals surface area contributed by atoms with Crippen LogP contribution in [-0.2, 0) is 4.87 Å². The van der Waals surface area contributed by atoms with E-state index in [1.807, 2.05) is 42.6 Å². The molecule has 5 heteroatoms. The minimum absolute atomic E-state index is 0.450. The average molecular weight is 375 g/mol. The Morgan fingerprint density at radius 3 is 2.48 bits per heavy atom. The molecule has 1 unspecified atom stereocenters. The van der Waals surface area contributed by atoms with Crippen molar-refractivity contribution >= 4 is 22.8 Å². The predicted octanol–water partition coefficient (Wildman–Crippen LogP) is 5.51. The van der Waals surface area contributed by atoms with Gasteiger partial charge in [0.05, 0.1) is 11.2 Å². The molecule has 0 fully saturated rings. The summed E-state index contributed by atoms with van der Waals surface area (Å²) in [6, 6.07) is 24.7. The largest absolute Gasteiger partial charge is 0.258 e. The number of rotatable bonds is 7. The van der Waals surface area contributed by atoms with Gasteiger partial charge in [-0.25, -0.2) is 4.68 Å². The van der Waals surface area contributed by atoms with Gasteiger partial charge in [-0.3, -0.25) is 4.98 Å². The Labute approximate surface area is 163 Å². The van der Waals surface area contributed by atoms with Gasteiger partial charge in [0.1, 0.15) is 5.52 Å². The summed E-state index contributed by atoms with van der Waals surface area (Å²) < 4.78 is 2.07. The molecule has 1 atom stereocenters. The van der Waals surface area contributed by atoms with Gasteiger partial charge >= 0.3 is 0 Å². The van der Waals surface area contributed by atoms with Crippen LogP contribution in [-0.4, -0.2) is 20.0 Å². The molecule has 0 saturated heterocycles. The van der Waals surface area contributed by atoms with E-state index in [4.69, 9.17) is 4.98 Å². The molecule has 0 bridgehead atoms. The monoisotopic (exact) mass is 374 g/mol. The second kappa shape index (κ2) is 7.92. The third-order valence-electron chi connectivity index (χ3n) is 4.66. The van der Waals surface area contributed by atoms with E-state index < -0.39 is 4.87 Å². The van der Waals surface area contributed by atoms with Crippen molar-refractivity contribution in [3.8, 4) is 0 Å². The zero-order chi connectivity index (χ0) is 18.5. The smallest absolute Gasteiger partial charge is 0.156 e. The van der Waals surface area contributed by atoms with E-state index in [0.29, 0.717) is 0 Å². The second-order valence-corrected chi connectivity index (χ2v) is 7.86. The molecule has 2 aromatic heterocycles. The van der Waals surface area contributed by atoms with Crippen LogP contribution in [0.5, 0.6) is 0 Å². The van der Waals surface area contributed by atoms with Crippen molar-refractivity contribution in [3.63, 3.8) is 0 Å². The molecule has 0 aliphatic rings. The quantitative estimate of drug-likeness (QED) is 0.400. The Balaban J connectivity index is 1.94. The summed E-state index contributed by atoms with van der Waals surface area (Å²) in [5.74, 6) is 0. The van der Waals surface area contributed by atoms with Crippen LogP contribution in [0.4, 0.5) is 0 Å². The van der Waals surface area contributed by atoms with Gasteiger partial charge in [0.2, 0.25) is 0 Å². The van der Waals surface area contributed by atoms with Crippen LogP contribution in [0.15, 0.2) is 83.9 Å². The topological polar surface area (TPSA) is 43.6 Å². The molecule has 0 N–H and O–H groups in total. The fourth-order valence-corrected chi connectivity index (χ4v) is 4.69. The summed E-state index contributed by atoms with van der Waals surface area (Å²) >= 11 is 1.80. The zero-order valence-electron chi connectivity index (χ0n) is 15.3. The van der Waals surface area contributed by atoms with Gasteiger partial charge in [0.25, 0.3) is 0 Å². The van der Waals surface area contributed by atoms with Gasteiger partial charge in [-0.1, -0.05) is 73.1 Å². The number of hydrogen-bond acceptors (Lipinski definition) is 4. The van der Waals surface area contributed by atoms with Crippen LogP contribution in [0.25, 0.3) is 11.0 Å². The van der Waals surface area contributed by atoms with E-state index in [0.717, 1.165) is 36.0 Å². The lowest BCUT2D eigenvalue weighted by Gasteiger charge is -2.33. The number of fused-ring (bicyclic) bond motifs is 1. The first kappa shape index (κ1) is 17.7. The third kappa shape index (κ3) is 3.47. The number of para-hydroxylation sites is 1. The Bertz CT molecular complexity index is 1000. The molecule has 0 aliphatic carbocycles. The van der Waals surface area contributed by atoms with Crippen LogP contribution >= 0.6 is 11.8 Å². The number of benzene rings is 2. The molecular weight excluding hydrogens is 352 g/mol. The average Bonchev–Trinajstić information content (AvgIpc) is 3.17. The van der Waals surface area contributed by atoms with Gasteiger partial charge in [0, 0.05) is 11.1 Å². The standard InChI is InChI=1S/C22H22N4S/c1-2-3-16-22(21-15-9-10-17-23-21,27-18-11-5-4-6-12-18)26-20-14-8-7-13-19(20)24-25-26/h4-15,17H,2-3,16H2,1H3. The van der Waals surface area contributed by atoms with Crippen molar-refractivity contribution in [2.24, 2.45) is 0 Å². The summed E-state index contributed by atoms with van der Waals surface area (Å²) in [6.07, 6.45) is 4.97. The van der Waals surface area contributed by atoms with Gasteiger partial charge in [-0.2, -0.15) is 0 Å². The summed E-state index contributed by atoms with van der Waals surface area (Å²) in [4.78, 5) is 5.50. The number of aromatic nitrogens is 4. The summed E-state index contributed by atoms with van der Waals surface area (Å²) in [6.45, 7) is 2.22. The highest BCUT2D eigenvalue weighted by atomic mass is 32.2. The fraction of sp³-hybridized carbons (Fsp3) is 0.227. The van der Waals surface area contributed by atoms with E-state index in [1.54, 1.807) is 11.8 Å². The molecule has 2 heterocycles. The molecule has 4 aromatic rings. The van der Waals surface area contributed by atoms with Crippen molar-refractivity contribution in [1.29, 1.82) is 0 Å². The second-order valence-electron chi connectivity index (χ2n) is 6.51. The Morgan fingerprint density at radius 1 is 0.926 bits per heavy atom. The normalized spacial score (nSPS) is 13.5. The van der Waals surface area contributed by atoms with Gasteiger partial charge < -0.3 is 0 Å². The Hall–Kier alpha value is -2.66. The first-order valence-corrected chi connectivity index (χ1v) is 10.1. The van der Waals surface area contributed by atoms with Crippen LogP contribution in [0.3, 0.4) is 0 Å². The molecule has 0 saturated carbocycles. The lowest BCUT2D eigenvalue weighted by Crippen LogP contribution is -2.33. The Kier molecular flexibility index (Phi) is 5.21. The van der Waals surface area contributed by atoms with Crippen LogP contribution in [0.1, 0.15) is 31.9 Å². The summed E-state index contributed by atoms with van der Waals surface area (Å²) in [7, 11) is 0. The van der Waals surface area contributed by atoms with E-state index in [-0.39, 0.29) is 0 Å². The Morgan fingerprint density at radius 2 is 1.70 bits per heavy atom. The maximum atomic E-state index is 4.75. The molecule has 0 radical (unpaired) electrons. The maximum absolute atomic E-state index is 4.75. The van der Waals surface area contributed by atoms with Crippen LogP contribution in [0.2, 0.25) is 0 Å². The van der Waals surface area contributed by atoms with Crippen LogP contribution < -0.4 is 0 Å². The lowest BCUT2D eigenvalue weighted by molar-refractivity contribution is 0.417. The molecule has 0 amide bonds. The van der Waals surface area contributed by atoms with E-state index >= 15 is 0 Å². The molecule has 4 rings (SSSR count). The van der Waals surface area contributed by atoms with Crippen molar-refractivity contribution in [3.05, 3.63) is 84.7 Å². The highest BCUT2D eigenvalue weighted by Gasteiger charge is 2.39. The molecular formula is C22H22N4S. The van der Waals surface area contributed by atoms with E-state index in [1.165, 1.54) is 4.90 Å². The minimum atomic E-state index is -0.450. The lowest BCUT2D eigenvalue weighted by atomic mass is 10.0. The number of thioether (sulfide) groups is 1. The van der Waals surface area contributed by atoms with Crippen molar-refractivity contribution in [2.75, 3.05) is 0 Å². The molecule has 2 aromatic carbocycles. The van der Waals surface area contributed by atoms with Gasteiger partial charge in [-0.15, -0.1) is 5.10 Å². The van der Waals surface area contributed by atoms with Crippen molar-refractivity contribution < 1.29 is 0 Å². The maximum Gasteiger partial charge on any atom is 0.156 e. The number of pyridine rings is 1. The first-order valence-electron chi connectivity index (χ1n) is 9.30. The molecule has 4 nitrogen and oxygen atoms in total. The molecule has 0 spiro atoms. The van der Waals surface area contributed by atoms with E-state index in [9.17, 15) is 0 Å². The number of nitrogens with zero attached hydrogens (tertiary/aromatic N) is 4. The van der Waals surface area contributed by atoms with Gasteiger partial charge in [-0.05, 0) is 42.8 Å². The summed E-state index contributed by atoms with van der Waals surface area (Å²) in [5.41, 5.74) is 2.94. The van der Waals surface area contributed by atoms with Crippen LogP contribution in [0, 0.1) is 0 Å². The molecule has 0 aliphatic heterocycles. The fourth-order valence-electron chi connectivity index (χ4n) is 3.32. The highest BCUT2D eigenvalue weighted by Crippen LogP contribution is 2.46. The highest BCUT2D eigenvalue weighted by molar-refractivity contribution is 8.00. The molecule has 136 valence electrons.